The van der Waals surface area contributed by atoms with Gasteiger partial charge in [-0.1, -0.05) is 151 Å². The van der Waals surface area contributed by atoms with Gasteiger partial charge in [-0.2, -0.15) is 0 Å². The second-order valence-corrected chi connectivity index (χ2v) is 24.4. The number of para-hydroxylation sites is 3. The molecule has 1 spiro atoms. The van der Waals surface area contributed by atoms with Gasteiger partial charge in [0.1, 0.15) is 0 Å². The monoisotopic (exact) mass is 998 g/mol. The van der Waals surface area contributed by atoms with Gasteiger partial charge in [0.05, 0.1) is 5.41 Å². The highest BCUT2D eigenvalue weighted by Crippen LogP contribution is 2.64. The molecule has 5 aliphatic carbocycles. The van der Waals surface area contributed by atoms with Gasteiger partial charge in [-0.25, -0.2) is 0 Å². The van der Waals surface area contributed by atoms with E-state index < -0.39 is 5.41 Å². The Balaban J connectivity index is 0.837. The van der Waals surface area contributed by atoms with Crippen LogP contribution in [0.5, 0.6) is 0 Å². The molecule has 2 heterocycles. The van der Waals surface area contributed by atoms with Crippen molar-refractivity contribution >= 4 is 77.4 Å². The molecule has 4 heteroatoms. The molecule has 0 unspecified atom stereocenters. The van der Waals surface area contributed by atoms with E-state index in [1.54, 1.807) is 5.56 Å². The molecule has 0 radical (unpaired) electrons. The van der Waals surface area contributed by atoms with Crippen molar-refractivity contribution < 1.29 is 0 Å². The predicted molar refractivity (Wildman–Crippen MR) is 315 cm³/mol. The fraction of sp³-hybridized carbons (Fsp3) is 0.155. The highest BCUT2D eigenvalue weighted by atomic mass is 32.2. The lowest BCUT2D eigenvalue weighted by Gasteiger charge is -2.57. The third-order valence-corrected chi connectivity index (χ3v) is 20.3. The van der Waals surface area contributed by atoms with Gasteiger partial charge >= 0.3 is 0 Å². The number of anilines is 6. The fourth-order valence-corrected chi connectivity index (χ4v) is 17.7. The summed E-state index contributed by atoms with van der Waals surface area (Å²) in [5.41, 5.74) is 18.8. The van der Waals surface area contributed by atoms with Crippen molar-refractivity contribution in [2.24, 2.45) is 17.8 Å². The maximum Gasteiger partial charge on any atom is 0.0736 e. The molecular weight excluding hydrogens is 945 g/mol. The zero-order chi connectivity index (χ0) is 49.2. The molecule has 2 nitrogen and oxygen atoms in total. The predicted octanol–water partition coefficient (Wildman–Crippen LogP) is 20.0. The van der Waals surface area contributed by atoms with Crippen molar-refractivity contribution in [3.63, 3.8) is 0 Å². The summed E-state index contributed by atoms with van der Waals surface area (Å²) in [5.74, 6) is 2.84. The zero-order valence-electron chi connectivity index (χ0n) is 41.7. The molecule has 10 aromatic carbocycles. The highest BCUT2D eigenvalue weighted by molar-refractivity contribution is 7.99. The summed E-state index contributed by atoms with van der Waals surface area (Å²) < 4.78 is 2.61. The van der Waals surface area contributed by atoms with E-state index >= 15 is 0 Å². The fourth-order valence-electron chi connectivity index (χ4n) is 15.3. The normalized spacial score (nSPS) is 20.2. The highest BCUT2D eigenvalue weighted by Gasteiger charge is 2.52. The SMILES string of the molecule is c1ccc(N(c2ccc(-c3ccc(C45CC6CC(CC(C6)C4)C5)cc3)cc2)c2ccc3c(c2)C2(c4cc5c(cc4S3)sc3ccc(N(c4ccccc4)c4ccccc4)cc35)c3ccccc3-c3ccccc32)cc1. The Morgan fingerprint density at radius 3 is 1.37 bits per heavy atom. The Labute approximate surface area is 448 Å². The first kappa shape index (κ1) is 43.7. The van der Waals surface area contributed by atoms with Crippen molar-refractivity contribution in [1.29, 1.82) is 0 Å². The average Bonchev–Trinajstić information content (AvgIpc) is 3.96. The van der Waals surface area contributed by atoms with Crippen LogP contribution in [0, 0.1) is 17.8 Å². The third-order valence-electron chi connectivity index (χ3n) is 18.1. The Morgan fingerprint density at radius 1 is 0.347 bits per heavy atom. The van der Waals surface area contributed by atoms with E-state index in [9.17, 15) is 0 Å². The lowest BCUT2D eigenvalue weighted by molar-refractivity contribution is -0.00518. The van der Waals surface area contributed by atoms with Crippen LogP contribution in [-0.2, 0) is 10.8 Å². The second-order valence-electron chi connectivity index (χ2n) is 22.3. The molecule has 4 fully saturated rings. The molecule has 360 valence electrons. The van der Waals surface area contributed by atoms with E-state index in [-0.39, 0.29) is 0 Å². The number of fused-ring (bicyclic) bond motifs is 12. The van der Waals surface area contributed by atoms with Crippen molar-refractivity contribution in [2.45, 2.75) is 59.1 Å². The smallest absolute Gasteiger partial charge is 0.0736 e. The Bertz CT molecular complexity index is 3890. The Morgan fingerprint density at radius 2 is 0.800 bits per heavy atom. The van der Waals surface area contributed by atoms with E-state index in [0.29, 0.717) is 5.41 Å². The van der Waals surface area contributed by atoms with Gasteiger partial charge in [-0.3, -0.25) is 0 Å². The van der Waals surface area contributed by atoms with Gasteiger partial charge in [-0.05, 0) is 209 Å². The van der Waals surface area contributed by atoms with E-state index in [1.165, 1.54) is 113 Å². The minimum atomic E-state index is -0.562. The average molecular weight is 999 g/mol. The maximum absolute atomic E-state index is 2.58. The minimum Gasteiger partial charge on any atom is -0.310 e. The molecule has 4 saturated carbocycles. The molecule has 0 amide bonds. The first-order chi connectivity index (χ1) is 37.1. The van der Waals surface area contributed by atoms with Gasteiger partial charge in [0, 0.05) is 64.1 Å². The van der Waals surface area contributed by atoms with Gasteiger partial charge < -0.3 is 9.80 Å². The van der Waals surface area contributed by atoms with Crippen molar-refractivity contribution in [3.05, 3.63) is 264 Å². The summed E-state index contributed by atoms with van der Waals surface area (Å²) >= 11 is 3.83. The minimum absolute atomic E-state index is 0.409. The summed E-state index contributed by atoms with van der Waals surface area (Å²) in [6, 6.07) is 89.4. The number of benzene rings is 10. The summed E-state index contributed by atoms with van der Waals surface area (Å²) in [4.78, 5) is 7.45. The lowest BCUT2D eigenvalue weighted by Crippen LogP contribution is -2.48. The molecule has 75 heavy (non-hydrogen) atoms. The van der Waals surface area contributed by atoms with E-state index in [4.69, 9.17) is 0 Å². The molecule has 0 saturated heterocycles. The maximum atomic E-state index is 2.58. The number of hydrogen-bond donors (Lipinski definition) is 0. The van der Waals surface area contributed by atoms with Crippen LogP contribution in [0.25, 0.3) is 42.4 Å². The summed E-state index contributed by atoms with van der Waals surface area (Å²) in [6.07, 6.45) is 8.64. The summed E-state index contributed by atoms with van der Waals surface area (Å²) in [5, 5.41) is 2.58. The molecule has 0 N–H and O–H groups in total. The number of rotatable bonds is 8. The van der Waals surface area contributed by atoms with Crippen LogP contribution in [-0.4, -0.2) is 0 Å². The Hall–Kier alpha value is -7.63. The van der Waals surface area contributed by atoms with Crippen LogP contribution in [0.4, 0.5) is 34.1 Å². The first-order valence-electron chi connectivity index (χ1n) is 27.1. The van der Waals surface area contributed by atoms with Crippen LogP contribution >= 0.6 is 23.1 Å². The quantitative estimate of drug-likeness (QED) is 0.150. The topological polar surface area (TPSA) is 6.48 Å². The molecule has 4 bridgehead atoms. The van der Waals surface area contributed by atoms with E-state index in [1.807, 2.05) is 23.1 Å². The molecule has 6 aliphatic rings. The lowest BCUT2D eigenvalue weighted by atomic mass is 9.48. The second kappa shape index (κ2) is 16.9. The molecule has 11 aromatic rings. The van der Waals surface area contributed by atoms with Crippen LogP contribution in [0.2, 0.25) is 0 Å². The van der Waals surface area contributed by atoms with Gasteiger partial charge in [0.15, 0.2) is 0 Å². The van der Waals surface area contributed by atoms with Crippen molar-refractivity contribution in [2.75, 3.05) is 9.80 Å². The van der Waals surface area contributed by atoms with Crippen LogP contribution in [0.15, 0.2) is 246 Å². The van der Waals surface area contributed by atoms with Crippen LogP contribution in [0.1, 0.15) is 66.3 Å². The Kier molecular flexibility index (Phi) is 9.88. The van der Waals surface area contributed by atoms with Gasteiger partial charge in [-0.15, -0.1) is 11.3 Å². The number of nitrogens with zero attached hydrogens (tertiary/aromatic N) is 2. The summed E-state index contributed by atoms with van der Waals surface area (Å²) in [6.45, 7) is 0. The van der Waals surface area contributed by atoms with E-state index in [0.717, 1.165) is 51.9 Å². The van der Waals surface area contributed by atoms with Crippen molar-refractivity contribution in [1.82, 2.24) is 0 Å². The largest absolute Gasteiger partial charge is 0.310 e. The van der Waals surface area contributed by atoms with E-state index in [2.05, 4.69) is 246 Å². The van der Waals surface area contributed by atoms with Crippen LogP contribution in [0.3, 0.4) is 0 Å². The third kappa shape index (κ3) is 6.78. The molecule has 17 rings (SSSR count). The molecule has 1 aromatic heterocycles. The molecule has 0 atom stereocenters. The number of hydrogen-bond acceptors (Lipinski definition) is 4. The van der Waals surface area contributed by atoms with Gasteiger partial charge in [0.25, 0.3) is 0 Å². The molecular formula is C71H54N2S2. The summed E-state index contributed by atoms with van der Waals surface area (Å²) in [7, 11) is 0. The number of thiophene rings is 1. The standard InChI is InChI=1S/C71H54N2S2/c1-4-14-52(15-5-1)72(53-16-6-2-7-17-53)56-32-34-66-60(39-56)61-41-65-69(42-68(61)74-66)75-67-35-33-57(40-64(67)71(65)62-22-12-10-20-58(62)59-21-11-13-23-63(59)71)73(54-18-8-3-9-19-54)55-30-26-50(27-31-55)49-24-28-51(29-25-49)70-43-46-36-47(44-70)38-48(37-46)45-70/h1-35,39-42,46-48H,36-38,43-45H2. The molecule has 1 aliphatic heterocycles. The van der Waals surface area contributed by atoms with Crippen molar-refractivity contribution in [3.8, 4) is 22.3 Å². The zero-order valence-corrected chi connectivity index (χ0v) is 43.3. The van der Waals surface area contributed by atoms with Crippen LogP contribution < -0.4 is 9.80 Å². The van der Waals surface area contributed by atoms with Gasteiger partial charge in [0.2, 0.25) is 0 Å². The first-order valence-corrected chi connectivity index (χ1v) is 28.7.